The second-order valence-electron chi connectivity index (χ2n) is 6.71. The van der Waals surface area contributed by atoms with Gasteiger partial charge in [-0.2, -0.15) is 0 Å². The van der Waals surface area contributed by atoms with Crippen molar-refractivity contribution in [1.82, 2.24) is 9.88 Å². The Kier molecular flexibility index (Phi) is 7.46. The summed E-state index contributed by atoms with van der Waals surface area (Å²) < 4.78 is 27.9. The maximum absolute atomic E-state index is 14.0. The lowest BCUT2D eigenvalue weighted by Gasteiger charge is -2.21. The molecule has 0 saturated carbocycles. The van der Waals surface area contributed by atoms with E-state index in [-0.39, 0.29) is 23.8 Å². The fraction of sp³-hybridized carbons (Fsp3) is 0.300. The van der Waals surface area contributed by atoms with Crippen molar-refractivity contribution in [2.45, 2.75) is 13.3 Å². The SMILES string of the molecule is Cc1ccc(C(=O)N(CCCN(C)C)c2nc3c(F)cc(F)cc3s2)cc1.Cl. The third-order valence-corrected chi connectivity index (χ3v) is 5.19. The van der Waals surface area contributed by atoms with Gasteiger partial charge in [0.15, 0.2) is 10.9 Å². The van der Waals surface area contributed by atoms with Crippen molar-refractivity contribution in [3.8, 4) is 0 Å². The molecule has 0 spiro atoms. The molecule has 0 fully saturated rings. The number of aryl methyl sites for hydroxylation is 1. The van der Waals surface area contributed by atoms with Gasteiger partial charge in [0.25, 0.3) is 5.91 Å². The van der Waals surface area contributed by atoms with E-state index in [1.807, 2.05) is 38.1 Å². The Hall–Kier alpha value is -2.09. The number of benzene rings is 2. The van der Waals surface area contributed by atoms with Crippen LogP contribution in [-0.2, 0) is 0 Å². The van der Waals surface area contributed by atoms with Gasteiger partial charge in [-0.05, 0) is 52.2 Å². The third kappa shape index (κ3) is 5.04. The second kappa shape index (κ2) is 9.41. The molecule has 0 N–H and O–H groups in total. The van der Waals surface area contributed by atoms with Crippen LogP contribution >= 0.6 is 23.7 Å². The molecule has 0 aliphatic carbocycles. The van der Waals surface area contributed by atoms with E-state index in [9.17, 15) is 13.6 Å². The second-order valence-corrected chi connectivity index (χ2v) is 7.72. The minimum atomic E-state index is -0.719. The van der Waals surface area contributed by atoms with E-state index in [2.05, 4.69) is 4.98 Å². The molecule has 0 aliphatic heterocycles. The highest BCUT2D eigenvalue weighted by Crippen LogP contribution is 2.32. The molecule has 0 atom stereocenters. The number of carbonyl (C=O) groups is 1. The highest BCUT2D eigenvalue weighted by Gasteiger charge is 2.22. The van der Waals surface area contributed by atoms with Gasteiger partial charge in [-0.1, -0.05) is 29.0 Å². The minimum Gasteiger partial charge on any atom is -0.309 e. The number of thiazole rings is 1. The number of fused-ring (bicyclic) bond motifs is 1. The lowest BCUT2D eigenvalue weighted by Crippen LogP contribution is -2.33. The molecule has 3 aromatic rings. The van der Waals surface area contributed by atoms with Crippen LogP contribution in [0.15, 0.2) is 36.4 Å². The van der Waals surface area contributed by atoms with Gasteiger partial charge in [-0.25, -0.2) is 13.8 Å². The Balaban J connectivity index is 0.00000280. The number of nitrogens with zero attached hydrogens (tertiary/aromatic N) is 3. The number of carbonyl (C=O) groups excluding carboxylic acids is 1. The van der Waals surface area contributed by atoms with Crippen molar-refractivity contribution in [1.29, 1.82) is 0 Å². The monoisotopic (exact) mass is 425 g/mol. The molecule has 1 amide bonds. The van der Waals surface area contributed by atoms with Crippen LogP contribution in [0.25, 0.3) is 10.2 Å². The number of rotatable bonds is 6. The van der Waals surface area contributed by atoms with Gasteiger partial charge in [0.05, 0.1) is 4.70 Å². The zero-order valence-corrected chi connectivity index (χ0v) is 17.5. The number of aromatic nitrogens is 1. The number of hydrogen-bond donors (Lipinski definition) is 0. The molecule has 4 nitrogen and oxygen atoms in total. The van der Waals surface area contributed by atoms with Crippen LogP contribution in [0.1, 0.15) is 22.3 Å². The molecule has 3 rings (SSSR count). The first kappa shape index (κ1) is 22.2. The Bertz CT molecular complexity index is 960. The van der Waals surface area contributed by atoms with E-state index in [0.29, 0.717) is 21.9 Å². The van der Waals surface area contributed by atoms with Crippen molar-refractivity contribution in [3.63, 3.8) is 0 Å². The predicted octanol–water partition coefficient (Wildman–Crippen LogP) is 4.90. The summed E-state index contributed by atoms with van der Waals surface area (Å²) in [5.41, 5.74) is 1.69. The summed E-state index contributed by atoms with van der Waals surface area (Å²) in [5, 5.41) is 0.374. The van der Waals surface area contributed by atoms with E-state index in [0.717, 1.165) is 35.9 Å². The van der Waals surface area contributed by atoms with Crippen LogP contribution in [-0.4, -0.2) is 43.0 Å². The fourth-order valence-corrected chi connectivity index (χ4v) is 3.77. The van der Waals surface area contributed by atoms with Crippen LogP contribution in [0.3, 0.4) is 0 Å². The summed E-state index contributed by atoms with van der Waals surface area (Å²) in [6.07, 6.45) is 0.734. The van der Waals surface area contributed by atoms with Crippen molar-refractivity contribution < 1.29 is 13.6 Å². The van der Waals surface area contributed by atoms with Crippen molar-refractivity contribution >= 4 is 45.0 Å². The Morgan fingerprint density at radius 3 is 2.43 bits per heavy atom. The molecular formula is C20H22ClF2N3OS. The summed E-state index contributed by atoms with van der Waals surface area (Å²) in [6, 6.07) is 9.34. The van der Waals surface area contributed by atoms with Crippen LogP contribution < -0.4 is 4.90 Å². The first-order valence-electron chi connectivity index (χ1n) is 8.64. The van der Waals surface area contributed by atoms with E-state index in [1.165, 1.54) is 6.07 Å². The lowest BCUT2D eigenvalue weighted by molar-refractivity contribution is 0.0986. The number of halogens is 3. The number of anilines is 1. The maximum Gasteiger partial charge on any atom is 0.260 e. The maximum atomic E-state index is 14.0. The summed E-state index contributed by atoms with van der Waals surface area (Å²) in [7, 11) is 3.92. The molecule has 0 saturated heterocycles. The van der Waals surface area contributed by atoms with Gasteiger partial charge in [-0.15, -0.1) is 12.4 Å². The molecule has 150 valence electrons. The first-order chi connectivity index (χ1) is 12.8. The Morgan fingerprint density at radius 1 is 1.11 bits per heavy atom. The average Bonchev–Trinajstić information content (AvgIpc) is 3.02. The van der Waals surface area contributed by atoms with Crippen molar-refractivity contribution in [3.05, 3.63) is 59.2 Å². The molecule has 1 aromatic heterocycles. The Labute approximate surface area is 173 Å². The van der Waals surface area contributed by atoms with Crippen LogP contribution in [0.4, 0.5) is 13.9 Å². The molecule has 28 heavy (non-hydrogen) atoms. The van der Waals surface area contributed by atoms with Gasteiger partial charge in [-0.3, -0.25) is 9.69 Å². The quantitative estimate of drug-likeness (QED) is 0.563. The van der Waals surface area contributed by atoms with Crippen molar-refractivity contribution in [2.24, 2.45) is 0 Å². The third-order valence-electron chi connectivity index (χ3n) is 4.16. The summed E-state index contributed by atoms with van der Waals surface area (Å²) in [4.78, 5) is 20.9. The zero-order valence-electron chi connectivity index (χ0n) is 15.9. The number of hydrogen-bond acceptors (Lipinski definition) is 4. The molecule has 2 aromatic carbocycles. The Morgan fingerprint density at radius 2 is 1.79 bits per heavy atom. The standard InChI is InChI=1S/C20H21F2N3OS.ClH/c1-13-5-7-14(8-6-13)19(26)25(10-4-9-24(2)3)20-23-18-16(22)11-15(21)12-17(18)27-20;/h5-8,11-12H,4,9-10H2,1-3H3;1H. The van der Waals surface area contributed by atoms with Crippen LogP contribution in [0, 0.1) is 18.6 Å². The van der Waals surface area contributed by atoms with Gasteiger partial charge in [0, 0.05) is 18.2 Å². The molecule has 0 unspecified atom stereocenters. The molecule has 0 bridgehead atoms. The highest BCUT2D eigenvalue weighted by atomic mass is 35.5. The van der Waals surface area contributed by atoms with Gasteiger partial charge in [0.2, 0.25) is 0 Å². The topological polar surface area (TPSA) is 36.4 Å². The van der Waals surface area contributed by atoms with Gasteiger partial charge >= 0.3 is 0 Å². The normalized spacial score (nSPS) is 10.9. The minimum absolute atomic E-state index is 0. The van der Waals surface area contributed by atoms with E-state index < -0.39 is 11.6 Å². The largest absolute Gasteiger partial charge is 0.309 e. The molecule has 1 heterocycles. The first-order valence-corrected chi connectivity index (χ1v) is 9.45. The summed E-state index contributed by atoms with van der Waals surface area (Å²) in [6.45, 7) is 3.19. The summed E-state index contributed by atoms with van der Waals surface area (Å²) >= 11 is 1.12. The lowest BCUT2D eigenvalue weighted by atomic mass is 10.1. The molecule has 0 radical (unpaired) electrons. The fourth-order valence-electron chi connectivity index (χ4n) is 2.74. The van der Waals surface area contributed by atoms with Gasteiger partial charge < -0.3 is 4.90 Å². The molecular weight excluding hydrogens is 404 g/mol. The van der Waals surface area contributed by atoms with Crippen LogP contribution in [0.2, 0.25) is 0 Å². The summed E-state index contributed by atoms with van der Waals surface area (Å²) in [5.74, 6) is -1.57. The molecule has 0 aliphatic rings. The van der Waals surface area contributed by atoms with E-state index in [1.54, 1.807) is 17.0 Å². The van der Waals surface area contributed by atoms with Gasteiger partial charge in [0.1, 0.15) is 11.3 Å². The smallest absolute Gasteiger partial charge is 0.260 e. The van der Waals surface area contributed by atoms with E-state index >= 15 is 0 Å². The zero-order chi connectivity index (χ0) is 19.6. The number of amides is 1. The van der Waals surface area contributed by atoms with Crippen molar-refractivity contribution in [2.75, 3.05) is 32.1 Å². The van der Waals surface area contributed by atoms with Crippen LogP contribution in [0.5, 0.6) is 0 Å². The highest BCUT2D eigenvalue weighted by molar-refractivity contribution is 7.22. The predicted molar refractivity (Wildman–Crippen MR) is 113 cm³/mol. The molecule has 8 heteroatoms. The van der Waals surface area contributed by atoms with E-state index in [4.69, 9.17) is 0 Å². The average molecular weight is 426 g/mol.